The summed E-state index contributed by atoms with van der Waals surface area (Å²) < 4.78 is 0. The summed E-state index contributed by atoms with van der Waals surface area (Å²) in [7, 11) is 4.17. The predicted octanol–water partition coefficient (Wildman–Crippen LogP) is 1.71. The van der Waals surface area contributed by atoms with Gasteiger partial charge in [0, 0.05) is 57.5 Å². The van der Waals surface area contributed by atoms with Gasteiger partial charge in [0.05, 0.1) is 0 Å². The molecule has 1 fully saturated rings. The first-order valence-electron chi connectivity index (χ1n) is 6.78. The molecule has 0 unspecified atom stereocenters. The van der Waals surface area contributed by atoms with Crippen LogP contribution in [0.1, 0.15) is 0 Å². The number of nitrogens with zero attached hydrogens (tertiary/aromatic N) is 3. The number of hydrogen-bond donors (Lipinski definition) is 1. The maximum absolute atomic E-state index is 4.65. The highest BCUT2D eigenvalue weighted by Gasteiger charge is 2.16. The lowest BCUT2D eigenvalue weighted by Gasteiger charge is -2.30. The van der Waals surface area contributed by atoms with Gasteiger partial charge in [0.25, 0.3) is 0 Å². The van der Waals surface area contributed by atoms with Crippen LogP contribution in [0.15, 0.2) is 30.5 Å². The van der Waals surface area contributed by atoms with Gasteiger partial charge in [-0.2, -0.15) is 0 Å². The van der Waals surface area contributed by atoms with Crippen LogP contribution in [0, 0.1) is 0 Å². The third-order valence-electron chi connectivity index (χ3n) is 3.65. The Morgan fingerprint density at radius 2 is 1.95 bits per heavy atom. The van der Waals surface area contributed by atoms with Gasteiger partial charge < -0.3 is 15.1 Å². The molecule has 2 heterocycles. The monoisotopic (exact) mass is 256 g/mol. The Morgan fingerprint density at radius 1 is 1.16 bits per heavy atom. The van der Waals surface area contributed by atoms with E-state index >= 15 is 0 Å². The van der Waals surface area contributed by atoms with Crippen molar-refractivity contribution in [2.45, 2.75) is 0 Å². The summed E-state index contributed by atoms with van der Waals surface area (Å²) in [5.74, 6) is 1.11. The van der Waals surface area contributed by atoms with Crippen LogP contribution in [0.5, 0.6) is 0 Å². The maximum atomic E-state index is 4.65. The van der Waals surface area contributed by atoms with Crippen molar-refractivity contribution in [3.05, 3.63) is 30.5 Å². The molecule has 3 rings (SSSR count). The average Bonchev–Trinajstić information content (AvgIpc) is 2.46. The fourth-order valence-corrected chi connectivity index (χ4v) is 2.68. The van der Waals surface area contributed by atoms with Crippen molar-refractivity contribution in [2.75, 3.05) is 50.1 Å². The molecular weight excluding hydrogens is 236 g/mol. The van der Waals surface area contributed by atoms with Crippen molar-refractivity contribution in [2.24, 2.45) is 0 Å². The second-order valence-electron chi connectivity index (χ2n) is 5.14. The standard InChI is InChI=1S/C15H20N4/c1-18(2)13-5-3-4-12-6-7-17-15(14(12)13)19-10-8-16-9-11-19/h3-7,16H,8-11H2,1-2H3. The molecule has 19 heavy (non-hydrogen) atoms. The Balaban J connectivity index is 2.17. The fourth-order valence-electron chi connectivity index (χ4n) is 2.68. The summed E-state index contributed by atoms with van der Waals surface area (Å²) in [4.78, 5) is 9.19. The smallest absolute Gasteiger partial charge is 0.138 e. The largest absolute Gasteiger partial charge is 0.377 e. The first-order chi connectivity index (χ1) is 9.27. The summed E-state index contributed by atoms with van der Waals surface area (Å²) >= 11 is 0. The molecule has 1 aromatic heterocycles. The van der Waals surface area contributed by atoms with Crippen LogP contribution in [0.3, 0.4) is 0 Å². The van der Waals surface area contributed by atoms with E-state index in [1.165, 1.54) is 16.5 Å². The van der Waals surface area contributed by atoms with Crippen LogP contribution in [0.4, 0.5) is 11.5 Å². The molecule has 1 N–H and O–H groups in total. The number of nitrogens with one attached hydrogen (secondary N) is 1. The highest BCUT2D eigenvalue weighted by molar-refractivity contribution is 6.02. The number of aromatic nitrogens is 1. The van der Waals surface area contributed by atoms with E-state index in [1.807, 2.05) is 6.20 Å². The number of benzene rings is 1. The first kappa shape index (κ1) is 12.2. The number of anilines is 2. The molecule has 0 spiro atoms. The Kier molecular flexibility index (Phi) is 3.25. The van der Waals surface area contributed by atoms with Gasteiger partial charge in [0.2, 0.25) is 0 Å². The molecule has 0 radical (unpaired) electrons. The molecule has 1 aliphatic heterocycles. The van der Waals surface area contributed by atoms with Gasteiger partial charge in [-0.1, -0.05) is 12.1 Å². The molecule has 0 amide bonds. The molecule has 0 bridgehead atoms. The van der Waals surface area contributed by atoms with E-state index in [9.17, 15) is 0 Å². The van der Waals surface area contributed by atoms with Crippen molar-refractivity contribution in [3.63, 3.8) is 0 Å². The van der Waals surface area contributed by atoms with Gasteiger partial charge in [-0.05, 0) is 17.5 Å². The molecule has 1 aliphatic rings. The Morgan fingerprint density at radius 3 is 2.68 bits per heavy atom. The highest BCUT2D eigenvalue weighted by Crippen LogP contribution is 2.32. The van der Waals surface area contributed by atoms with Gasteiger partial charge in [0.15, 0.2) is 0 Å². The van der Waals surface area contributed by atoms with Gasteiger partial charge in [0.1, 0.15) is 5.82 Å². The molecule has 2 aromatic rings. The lowest BCUT2D eigenvalue weighted by molar-refractivity contribution is 0.586. The predicted molar refractivity (Wildman–Crippen MR) is 81.2 cm³/mol. The lowest BCUT2D eigenvalue weighted by Crippen LogP contribution is -2.44. The average molecular weight is 256 g/mol. The van der Waals surface area contributed by atoms with E-state index in [0.717, 1.165) is 32.0 Å². The van der Waals surface area contributed by atoms with Crippen LogP contribution in [0.25, 0.3) is 10.8 Å². The van der Waals surface area contributed by atoms with Gasteiger partial charge in [-0.15, -0.1) is 0 Å². The zero-order valence-electron chi connectivity index (χ0n) is 11.6. The maximum Gasteiger partial charge on any atom is 0.138 e. The van der Waals surface area contributed by atoms with Crippen molar-refractivity contribution < 1.29 is 0 Å². The summed E-state index contributed by atoms with van der Waals surface area (Å²) in [6, 6.07) is 8.53. The number of piperazine rings is 1. The van der Waals surface area contributed by atoms with Crippen LogP contribution >= 0.6 is 0 Å². The highest BCUT2D eigenvalue weighted by atomic mass is 15.2. The zero-order chi connectivity index (χ0) is 13.2. The number of pyridine rings is 1. The number of fused-ring (bicyclic) bond motifs is 1. The summed E-state index contributed by atoms with van der Waals surface area (Å²) in [6.45, 7) is 4.10. The molecule has 4 heteroatoms. The molecule has 0 saturated carbocycles. The Labute approximate surface area is 114 Å². The summed E-state index contributed by atoms with van der Waals surface area (Å²) in [6.07, 6.45) is 1.92. The molecule has 0 aliphatic carbocycles. The van der Waals surface area contributed by atoms with Gasteiger partial charge >= 0.3 is 0 Å². The quantitative estimate of drug-likeness (QED) is 0.886. The molecule has 4 nitrogen and oxygen atoms in total. The van der Waals surface area contributed by atoms with E-state index in [0.29, 0.717) is 0 Å². The van der Waals surface area contributed by atoms with Gasteiger partial charge in [-0.25, -0.2) is 4.98 Å². The van der Waals surface area contributed by atoms with E-state index < -0.39 is 0 Å². The Hall–Kier alpha value is -1.81. The normalized spacial score (nSPS) is 15.8. The Bertz CT molecular complexity index is 568. The van der Waals surface area contributed by atoms with Crippen molar-refractivity contribution >= 4 is 22.3 Å². The topological polar surface area (TPSA) is 31.4 Å². The van der Waals surface area contributed by atoms with E-state index in [4.69, 9.17) is 0 Å². The van der Waals surface area contributed by atoms with Crippen molar-refractivity contribution in [3.8, 4) is 0 Å². The van der Waals surface area contributed by atoms with Crippen molar-refractivity contribution in [1.29, 1.82) is 0 Å². The van der Waals surface area contributed by atoms with E-state index in [1.54, 1.807) is 0 Å². The molecule has 1 aromatic carbocycles. The zero-order valence-corrected chi connectivity index (χ0v) is 11.6. The van der Waals surface area contributed by atoms with Gasteiger partial charge in [-0.3, -0.25) is 0 Å². The minimum Gasteiger partial charge on any atom is -0.377 e. The second-order valence-corrected chi connectivity index (χ2v) is 5.14. The summed E-state index contributed by atoms with van der Waals surface area (Å²) in [5.41, 5.74) is 1.24. The third kappa shape index (κ3) is 2.24. The van der Waals surface area contributed by atoms with Crippen LogP contribution in [-0.4, -0.2) is 45.3 Å². The van der Waals surface area contributed by atoms with E-state index in [2.05, 4.69) is 58.5 Å². The molecule has 0 atom stereocenters. The number of hydrogen-bond acceptors (Lipinski definition) is 4. The third-order valence-corrected chi connectivity index (χ3v) is 3.65. The minimum atomic E-state index is 1.02. The minimum absolute atomic E-state index is 1.02. The van der Waals surface area contributed by atoms with Crippen LogP contribution in [0.2, 0.25) is 0 Å². The molecule has 1 saturated heterocycles. The second kappa shape index (κ2) is 5.05. The first-order valence-corrected chi connectivity index (χ1v) is 6.78. The SMILES string of the molecule is CN(C)c1cccc2ccnc(N3CCNCC3)c12. The fraction of sp³-hybridized carbons (Fsp3) is 0.400. The lowest BCUT2D eigenvalue weighted by atomic mass is 10.1. The van der Waals surface area contributed by atoms with E-state index in [-0.39, 0.29) is 0 Å². The van der Waals surface area contributed by atoms with Crippen molar-refractivity contribution in [1.82, 2.24) is 10.3 Å². The molecule has 100 valence electrons. The molecular formula is C15H20N4. The van der Waals surface area contributed by atoms with Crippen LogP contribution < -0.4 is 15.1 Å². The number of rotatable bonds is 2. The summed E-state index contributed by atoms with van der Waals surface area (Å²) in [5, 5.41) is 5.91. The van der Waals surface area contributed by atoms with Crippen LogP contribution in [-0.2, 0) is 0 Å².